The molecule has 0 bridgehead atoms. The Labute approximate surface area is 144 Å². The molecule has 2 heterocycles. The second-order valence-corrected chi connectivity index (χ2v) is 6.47. The Morgan fingerprint density at radius 2 is 2.16 bits per heavy atom. The molecule has 9 nitrogen and oxygen atoms in total. The second-order valence-electron chi connectivity index (χ2n) is 6.47. The molecule has 1 saturated carbocycles. The van der Waals surface area contributed by atoms with Crippen molar-refractivity contribution in [1.29, 1.82) is 0 Å². The first-order valence-electron chi connectivity index (χ1n) is 8.34. The molecular weight excluding hydrogens is 324 g/mol. The molecule has 0 saturated heterocycles. The van der Waals surface area contributed by atoms with E-state index in [0.29, 0.717) is 11.6 Å². The van der Waals surface area contributed by atoms with Gasteiger partial charge in [-0.3, -0.25) is 9.89 Å². The fraction of sp³-hybridized carbons (Fsp3) is 0.500. The predicted octanol–water partition coefficient (Wildman–Crippen LogP) is 2.01. The van der Waals surface area contributed by atoms with Gasteiger partial charge in [-0.15, -0.1) is 0 Å². The smallest absolute Gasteiger partial charge is 0.407 e. The Morgan fingerprint density at radius 3 is 2.92 bits per heavy atom. The summed E-state index contributed by atoms with van der Waals surface area (Å²) in [7, 11) is 0. The molecule has 1 fully saturated rings. The lowest BCUT2D eigenvalue weighted by Crippen LogP contribution is -2.33. The number of hydrogen-bond acceptors (Lipinski definition) is 6. The fourth-order valence-corrected chi connectivity index (χ4v) is 2.93. The Bertz CT molecular complexity index is 784. The molecule has 25 heavy (non-hydrogen) atoms. The molecule has 134 valence electrons. The van der Waals surface area contributed by atoms with Crippen molar-refractivity contribution < 1.29 is 9.53 Å². The third-order valence-electron chi connectivity index (χ3n) is 4.04. The summed E-state index contributed by atoms with van der Waals surface area (Å²) >= 11 is 0. The Hall–Kier alpha value is -2.84. The van der Waals surface area contributed by atoms with Crippen LogP contribution in [0.4, 0.5) is 16.4 Å². The zero-order valence-corrected chi connectivity index (χ0v) is 14.2. The highest BCUT2D eigenvalue weighted by Crippen LogP contribution is 2.36. The third kappa shape index (κ3) is 4.59. The van der Waals surface area contributed by atoms with Gasteiger partial charge >= 0.3 is 6.09 Å². The van der Waals surface area contributed by atoms with Gasteiger partial charge in [0.15, 0.2) is 5.82 Å². The highest BCUT2D eigenvalue weighted by atomic mass is 16.6. The van der Waals surface area contributed by atoms with E-state index in [1.807, 2.05) is 19.9 Å². The second kappa shape index (κ2) is 7.37. The van der Waals surface area contributed by atoms with E-state index in [9.17, 15) is 9.59 Å². The predicted molar refractivity (Wildman–Crippen MR) is 91.9 cm³/mol. The minimum absolute atomic E-state index is 0.0600. The van der Waals surface area contributed by atoms with E-state index in [2.05, 4.69) is 30.8 Å². The van der Waals surface area contributed by atoms with Gasteiger partial charge in [-0.1, -0.05) is 0 Å². The van der Waals surface area contributed by atoms with Crippen molar-refractivity contribution in [3.63, 3.8) is 0 Å². The molecule has 1 aliphatic carbocycles. The summed E-state index contributed by atoms with van der Waals surface area (Å²) in [6, 6.07) is 3.32. The van der Waals surface area contributed by atoms with Gasteiger partial charge in [0.1, 0.15) is 11.9 Å². The Balaban J connectivity index is 1.56. The molecule has 0 radical (unpaired) electrons. The quantitative estimate of drug-likeness (QED) is 0.656. The summed E-state index contributed by atoms with van der Waals surface area (Å²) in [6.07, 6.45) is 3.39. The van der Waals surface area contributed by atoms with Crippen LogP contribution in [0.25, 0.3) is 0 Å². The minimum atomic E-state index is -0.368. The number of amides is 1. The van der Waals surface area contributed by atoms with E-state index in [0.717, 1.165) is 25.0 Å². The number of rotatable bonds is 5. The molecule has 0 aliphatic heterocycles. The van der Waals surface area contributed by atoms with E-state index in [1.54, 1.807) is 0 Å². The normalized spacial score (nSPS) is 19.8. The van der Waals surface area contributed by atoms with Gasteiger partial charge in [0.25, 0.3) is 5.56 Å². The molecule has 2 atom stereocenters. The molecule has 9 heteroatoms. The van der Waals surface area contributed by atoms with Gasteiger partial charge in [-0.25, -0.2) is 9.78 Å². The summed E-state index contributed by atoms with van der Waals surface area (Å²) < 4.78 is 5.44. The van der Waals surface area contributed by atoms with Crippen molar-refractivity contribution in [3.8, 4) is 0 Å². The lowest BCUT2D eigenvalue weighted by atomic mass is 10.0. The van der Waals surface area contributed by atoms with Crippen LogP contribution in [0.3, 0.4) is 0 Å². The van der Waals surface area contributed by atoms with Crippen molar-refractivity contribution in [2.45, 2.75) is 51.2 Å². The number of carbonyl (C=O) groups excluding carboxylic acids is 1. The van der Waals surface area contributed by atoms with Gasteiger partial charge in [0.2, 0.25) is 0 Å². The number of H-pyrrole nitrogens is 2. The highest BCUT2D eigenvalue weighted by molar-refractivity contribution is 5.67. The fourth-order valence-electron chi connectivity index (χ4n) is 2.93. The van der Waals surface area contributed by atoms with E-state index in [-0.39, 0.29) is 29.7 Å². The maximum atomic E-state index is 11.7. The zero-order valence-electron chi connectivity index (χ0n) is 14.2. The standard InChI is InChI=1S/C16H22N6O3/c1-9(2)19-16(24)25-11-4-3-10(5-11)12-6-14(22-21-12)20-13-7-15(23)18-8-17-13/h6-11H,3-5H2,1-2H3,(H,19,24)(H3,17,18,20,21,22,23)/t10-,11+/m0/s1. The van der Waals surface area contributed by atoms with Gasteiger partial charge in [-0.05, 0) is 33.1 Å². The number of nitrogens with zero attached hydrogens (tertiary/aromatic N) is 2. The number of aromatic nitrogens is 4. The lowest BCUT2D eigenvalue weighted by Gasteiger charge is -2.14. The first kappa shape index (κ1) is 17.0. The first-order valence-corrected chi connectivity index (χ1v) is 8.34. The van der Waals surface area contributed by atoms with Crippen LogP contribution in [0.1, 0.15) is 44.7 Å². The summed E-state index contributed by atoms with van der Waals surface area (Å²) in [5, 5.41) is 12.9. The molecular formula is C16H22N6O3. The van der Waals surface area contributed by atoms with Crippen molar-refractivity contribution in [3.05, 3.63) is 34.5 Å². The Kier molecular flexibility index (Phi) is 5.01. The molecule has 0 aromatic carbocycles. The van der Waals surface area contributed by atoms with E-state index in [1.165, 1.54) is 12.4 Å². The van der Waals surface area contributed by atoms with Gasteiger partial charge < -0.3 is 20.4 Å². The van der Waals surface area contributed by atoms with Crippen molar-refractivity contribution in [1.82, 2.24) is 25.5 Å². The van der Waals surface area contributed by atoms with Crippen LogP contribution in [0.2, 0.25) is 0 Å². The summed E-state index contributed by atoms with van der Waals surface area (Å²) in [5.74, 6) is 1.28. The van der Waals surface area contributed by atoms with Crippen molar-refractivity contribution >= 4 is 17.7 Å². The van der Waals surface area contributed by atoms with Crippen LogP contribution in [0.5, 0.6) is 0 Å². The number of aromatic amines is 2. The van der Waals surface area contributed by atoms with E-state index >= 15 is 0 Å². The third-order valence-corrected chi connectivity index (χ3v) is 4.04. The van der Waals surface area contributed by atoms with Crippen LogP contribution < -0.4 is 16.2 Å². The number of alkyl carbamates (subject to hydrolysis) is 1. The molecule has 0 unspecified atom stereocenters. The van der Waals surface area contributed by atoms with Gasteiger partial charge in [0, 0.05) is 29.8 Å². The summed E-state index contributed by atoms with van der Waals surface area (Å²) in [6.45, 7) is 3.79. The number of nitrogens with one attached hydrogen (secondary N) is 4. The molecule has 3 rings (SSSR count). The SMILES string of the molecule is CC(C)NC(=O)O[C@@H]1CC[C@H](c2cc(Nc3cc(=O)[nH]cn3)n[nH]2)C1. The number of anilines is 2. The molecule has 4 N–H and O–H groups in total. The molecule has 2 aromatic heterocycles. The summed E-state index contributed by atoms with van der Waals surface area (Å²) in [4.78, 5) is 29.4. The average Bonchev–Trinajstić information content (AvgIpc) is 3.15. The van der Waals surface area contributed by atoms with E-state index in [4.69, 9.17) is 4.74 Å². The van der Waals surface area contributed by atoms with E-state index < -0.39 is 0 Å². The van der Waals surface area contributed by atoms with Gasteiger partial charge in [0.05, 0.1) is 6.33 Å². The molecule has 1 aliphatic rings. The Morgan fingerprint density at radius 1 is 1.32 bits per heavy atom. The van der Waals surface area contributed by atoms with Gasteiger partial charge in [-0.2, -0.15) is 5.10 Å². The average molecular weight is 346 g/mol. The van der Waals surface area contributed by atoms with Crippen LogP contribution in [0.15, 0.2) is 23.3 Å². The maximum Gasteiger partial charge on any atom is 0.407 e. The van der Waals surface area contributed by atoms with Crippen LogP contribution >= 0.6 is 0 Å². The molecule has 2 aromatic rings. The number of ether oxygens (including phenoxy) is 1. The zero-order chi connectivity index (χ0) is 17.8. The first-order chi connectivity index (χ1) is 12.0. The molecule has 0 spiro atoms. The molecule has 1 amide bonds. The number of hydrogen-bond donors (Lipinski definition) is 4. The van der Waals surface area contributed by atoms with Crippen LogP contribution in [-0.2, 0) is 4.74 Å². The monoisotopic (exact) mass is 346 g/mol. The summed E-state index contributed by atoms with van der Waals surface area (Å²) in [5.41, 5.74) is 0.742. The van der Waals surface area contributed by atoms with Crippen molar-refractivity contribution in [2.24, 2.45) is 0 Å². The topological polar surface area (TPSA) is 125 Å². The maximum absolute atomic E-state index is 11.7. The lowest BCUT2D eigenvalue weighted by molar-refractivity contribution is 0.0981. The van der Waals surface area contributed by atoms with Crippen LogP contribution in [-0.4, -0.2) is 38.4 Å². The minimum Gasteiger partial charge on any atom is -0.446 e. The van der Waals surface area contributed by atoms with Crippen molar-refractivity contribution in [2.75, 3.05) is 5.32 Å². The number of carbonyl (C=O) groups is 1. The van der Waals surface area contributed by atoms with Crippen LogP contribution in [0, 0.1) is 0 Å². The highest BCUT2D eigenvalue weighted by Gasteiger charge is 2.30. The largest absolute Gasteiger partial charge is 0.446 e.